The minimum atomic E-state index is -1.29. The van der Waals surface area contributed by atoms with E-state index in [-0.39, 0.29) is 12.5 Å². The number of carbonyl (C=O) groups is 4. The van der Waals surface area contributed by atoms with Crippen LogP contribution in [0.4, 0.5) is 0 Å². The second-order valence-electron chi connectivity index (χ2n) is 7.53. The molecule has 0 aromatic rings. The standard InChI is InChI=1S/C19H34N4O6S/c1-4-11(2)15(22-16(25)12(20)7-9-30-3)17(26)21-13(10-24)18(27)23-8-5-6-14(23)19(28)29/h11-15,24H,4-10,20H2,1-3H3,(H,21,26)(H,22,25)(H,28,29). The molecule has 0 aromatic heterocycles. The summed E-state index contributed by atoms with van der Waals surface area (Å²) in [6, 6.07) is -3.94. The largest absolute Gasteiger partial charge is 0.480 e. The van der Waals surface area contributed by atoms with Crippen LogP contribution in [0.3, 0.4) is 0 Å². The number of aliphatic hydroxyl groups is 1. The summed E-state index contributed by atoms with van der Waals surface area (Å²) >= 11 is 1.56. The number of aliphatic hydroxyl groups excluding tert-OH is 1. The molecule has 0 aliphatic carbocycles. The summed E-state index contributed by atoms with van der Waals surface area (Å²) in [6.07, 6.45) is 3.82. The lowest BCUT2D eigenvalue weighted by Gasteiger charge is -2.29. The number of hydrogen-bond donors (Lipinski definition) is 5. The van der Waals surface area contributed by atoms with Gasteiger partial charge >= 0.3 is 5.97 Å². The predicted octanol–water partition coefficient (Wildman–Crippen LogP) is -0.850. The van der Waals surface area contributed by atoms with Crippen LogP contribution in [0.15, 0.2) is 0 Å². The first-order valence-electron chi connectivity index (χ1n) is 10.2. The van der Waals surface area contributed by atoms with Crippen molar-refractivity contribution in [1.29, 1.82) is 0 Å². The number of carbonyl (C=O) groups excluding carboxylic acids is 3. The summed E-state index contributed by atoms with van der Waals surface area (Å²) in [5, 5.41) is 24.1. The molecule has 10 nitrogen and oxygen atoms in total. The SMILES string of the molecule is CCC(C)C(NC(=O)C(N)CCSC)C(=O)NC(CO)C(=O)N1CCCC1C(=O)O. The van der Waals surface area contributed by atoms with Gasteiger partial charge in [-0.05, 0) is 37.2 Å². The summed E-state index contributed by atoms with van der Waals surface area (Å²) in [5.74, 6) is -2.38. The van der Waals surface area contributed by atoms with Crippen molar-refractivity contribution in [3.8, 4) is 0 Å². The average Bonchev–Trinajstić information content (AvgIpc) is 3.22. The molecule has 1 saturated heterocycles. The van der Waals surface area contributed by atoms with E-state index < -0.39 is 54.5 Å². The van der Waals surface area contributed by atoms with Crippen LogP contribution >= 0.6 is 11.8 Å². The van der Waals surface area contributed by atoms with E-state index in [1.807, 2.05) is 13.2 Å². The number of thioether (sulfide) groups is 1. The van der Waals surface area contributed by atoms with E-state index in [4.69, 9.17) is 5.73 Å². The first-order chi connectivity index (χ1) is 14.2. The van der Waals surface area contributed by atoms with E-state index in [2.05, 4.69) is 10.6 Å². The van der Waals surface area contributed by atoms with Gasteiger partial charge in [-0.3, -0.25) is 14.4 Å². The number of aliphatic carboxylic acids is 1. The molecule has 6 N–H and O–H groups in total. The molecule has 3 amide bonds. The molecule has 0 bridgehead atoms. The average molecular weight is 447 g/mol. The molecule has 0 saturated carbocycles. The van der Waals surface area contributed by atoms with Gasteiger partial charge in [0.1, 0.15) is 18.1 Å². The molecule has 30 heavy (non-hydrogen) atoms. The van der Waals surface area contributed by atoms with Crippen LogP contribution in [0.5, 0.6) is 0 Å². The Kier molecular flexibility index (Phi) is 11.1. The Balaban J connectivity index is 2.86. The van der Waals surface area contributed by atoms with E-state index in [0.717, 1.165) is 0 Å². The zero-order chi connectivity index (χ0) is 22.8. The Morgan fingerprint density at radius 2 is 1.90 bits per heavy atom. The summed E-state index contributed by atoms with van der Waals surface area (Å²) in [4.78, 5) is 50.5. The van der Waals surface area contributed by atoms with Crippen molar-refractivity contribution in [2.75, 3.05) is 25.2 Å². The lowest BCUT2D eigenvalue weighted by atomic mass is 9.97. The van der Waals surface area contributed by atoms with Gasteiger partial charge in [-0.25, -0.2) is 4.79 Å². The Labute approximate surface area is 181 Å². The van der Waals surface area contributed by atoms with Crippen molar-refractivity contribution >= 4 is 35.5 Å². The summed E-state index contributed by atoms with van der Waals surface area (Å²) in [7, 11) is 0. The Morgan fingerprint density at radius 1 is 1.23 bits per heavy atom. The number of carboxylic acid groups (broad SMARTS) is 1. The number of nitrogens with two attached hydrogens (primary N) is 1. The fraction of sp³-hybridized carbons (Fsp3) is 0.789. The van der Waals surface area contributed by atoms with E-state index in [1.54, 1.807) is 18.7 Å². The van der Waals surface area contributed by atoms with Crippen LogP contribution in [0.25, 0.3) is 0 Å². The molecule has 1 rings (SSSR count). The maximum atomic E-state index is 12.9. The van der Waals surface area contributed by atoms with Crippen molar-refractivity contribution in [2.24, 2.45) is 11.7 Å². The van der Waals surface area contributed by atoms with Crippen LogP contribution in [0.1, 0.15) is 39.5 Å². The number of amides is 3. The monoisotopic (exact) mass is 446 g/mol. The van der Waals surface area contributed by atoms with Gasteiger partial charge in [-0.15, -0.1) is 0 Å². The third kappa shape index (κ3) is 7.13. The molecule has 1 aliphatic rings. The van der Waals surface area contributed by atoms with Crippen LogP contribution < -0.4 is 16.4 Å². The highest BCUT2D eigenvalue weighted by molar-refractivity contribution is 7.98. The Morgan fingerprint density at radius 3 is 2.43 bits per heavy atom. The molecule has 1 heterocycles. The second kappa shape index (κ2) is 12.8. The van der Waals surface area contributed by atoms with Crippen LogP contribution in [0.2, 0.25) is 0 Å². The Hall–Kier alpha value is -1.85. The summed E-state index contributed by atoms with van der Waals surface area (Å²) < 4.78 is 0. The van der Waals surface area contributed by atoms with Gasteiger partial charge in [-0.1, -0.05) is 20.3 Å². The van der Waals surface area contributed by atoms with Crippen molar-refractivity contribution in [3.05, 3.63) is 0 Å². The number of rotatable bonds is 12. The van der Waals surface area contributed by atoms with Gasteiger partial charge in [0, 0.05) is 6.54 Å². The number of nitrogens with zero attached hydrogens (tertiary/aromatic N) is 1. The third-order valence-electron chi connectivity index (χ3n) is 5.38. The van der Waals surface area contributed by atoms with Crippen molar-refractivity contribution < 1.29 is 29.4 Å². The van der Waals surface area contributed by atoms with Crippen LogP contribution in [-0.4, -0.2) is 88.1 Å². The van der Waals surface area contributed by atoms with Gasteiger partial charge in [0.05, 0.1) is 12.6 Å². The highest BCUT2D eigenvalue weighted by Gasteiger charge is 2.38. The topological polar surface area (TPSA) is 162 Å². The first-order valence-corrected chi connectivity index (χ1v) is 11.6. The maximum absolute atomic E-state index is 12.9. The molecular formula is C19H34N4O6S. The molecule has 0 aromatic carbocycles. The molecule has 5 unspecified atom stereocenters. The minimum Gasteiger partial charge on any atom is -0.480 e. The van der Waals surface area contributed by atoms with Crippen LogP contribution in [0, 0.1) is 5.92 Å². The highest BCUT2D eigenvalue weighted by Crippen LogP contribution is 2.19. The van der Waals surface area contributed by atoms with Gasteiger partial charge in [0.25, 0.3) is 0 Å². The van der Waals surface area contributed by atoms with Crippen molar-refractivity contribution in [3.63, 3.8) is 0 Å². The van der Waals surface area contributed by atoms with Crippen molar-refractivity contribution in [2.45, 2.75) is 63.7 Å². The molecule has 0 spiro atoms. The zero-order valence-electron chi connectivity index (χ0n) is 17.8. The lowest BCUT2D eigenvalue weighted by Crippen LogP contribution is -2.59. The molecule has 5 atom stereocenters. The first kappa shape index (κ1) is 26.2. The third-order valence-corrected chi connectivity index (χ3v) is 6.03. The number of likely N-dealkylation sites (tertiary alicyclic amines) is 1. The van der Waals surface area contributed by atoms with E-state index in [9.17, 15) is 29.4 Å². The fourth-order valence-electron chi connectivity index (χ4n) is 3.27. The fourth-order valence-corrected chi connectivity index (χ4v) is 3.76. The summed E-state index contributed by atoms with van der Waals surface area (Å²) in [5.41, 5.74) is 5.88. The predicted molar refractivity (Wildman–Crippen MR) is 114 cm³/mol. The van der Waals surface area contributed by atoms with Gasteiger partial charge in [0.15, 0.2) is 0 Å². The smallest absolute Gasteiger partial charge is 0.326 e. The highest BCUT2D eigenvalue weighted by atomic mass is 32.2. The molecule has 1 fully saturated rings. The molecule has 11 heteroatoms. The quantitative estimate of drug-likeness (QED) is 0.259. The normalized spacial score (nSPS) is 20.2. The van der Waals surface area contributed by atoms with E-state index in [1.165, 1.54) is 4.90 Å². The van der Waals surface area contributed by atoms with E-state index >= 15 is 0 Å². The molecule has 0 radical (unpaired) electrons. The zero-order valence-corrected chi connectivity index (χ0v) is 18.6. The van der Waals surface area contributed by atoms with Gasteiger partial charge < -0.3 is 31.5 Å². The lowest BCUT2D eigenvalue weighted by molar-refractivity contribution is -0.150. The second-order valence-corrected chi connectivity index (χ2v) is 8.52. The number of nitrogens with one attached hydrogen (secondary N) is 2. The molecular weight excluding hydrogens is 412 g/mol. The van der Waals surface area contributed by atoms with Gasteiger partial charge in [0.2, 0.25) is 17.7 Å². The number of carboxylic acids is 1. The summed E-state index contributed by atoms with van der Waals surface area (Å²) in [6.45, 7) is 3.22. The molecule has 1 aliphatic heterocycles. The number of hydrogen-bond acceptors (Lipinski definition) is 7. The van der Waals surface area contributed by atoms with Crippen molar-refractivity contribution in [1.82, 2.24) is 15.5 Å². The van der Waals surface area contributed by atoms with E-state index in [0.29, 0.717) is 31.4 Å². The Bertz CT molecular complexity index is 620. The van der Waals surface area contributed by atoms with Gasteiger partial charge in [-0.2, -0.15) is 11.8 Å². The van der Waals surface area contributed by atoms with Crippen LogP contribution in [-0.2, 0) is 19.2 Å². The maximum Gasteiger partial charge on any atom is 0.326 e. The minimum absolute atomic E-state index is 0.241. The molecule has 172 valence electrons.